The molecule has 0 unspecified atom stereocenters. The number of carbonyl (C=O) groups excluding carboxylic acids is 2. The van der Waals surface area contributed by atoms with Crippen LogP contribution in [0.3, 0.4) is 0 Å². The highest BCUT2D eigenvalue weighted by molar-refractivity contribution is 6.30. The summed E-state index contributed by atoms with van der Waals surface area (Å²) >= 11 is 5.91. The van der Waals surface area contributed by atoms with E-state index in [0.717, 1.165) is 23.4 Å². The van der Waals surface area contributed by atoms with Crippen molar-refractivity contribution in [3.05, 3.63) is 59.3 Å². The largest absolute Gasteiger partial charge is 0.455 e. The molecule has 4 atom stereocenters. The van der Waals surface area contributed by atoms with Crippen LogP contribution < -0.4 is 0 Å². The van der Waals surface area contributed by atoms with Crippen molar-refractivity contribution in [1.29, 1.82) is 0 Å². The van der Waals surface area contributed by atoms with Gasteiger partial charge in [0.1, 0.15) is 11.5 Å². The molecule has 27 heavy (non-hydrogen) atoms. The highest BCUT2D eigenvalue weighted by atomic mass is 35.5. The molecule has 6 rings (SSSR count). The van der Waals surface area contributed by atoms with Gasteiger partial charge in [0.05, 0.1) is 18.1 Å². The number of nitrogens with zero attached hydrogens (tertiary/aromatic N) is 2. The van der Waals surface area contributed by atoms with Gasteiger partial charge in [-0.05, 0) is 61.1 Å². The number of rotatable bonds is 3. The lowest BCUT2D eigenvalue weighted by Crippen LogP contribution is -2.38. The molecular weight excluding hydrogens is 364 g/mol. The van der Waals surface area contributed by atoms with E-state index in [1.54, 1.807) is 18.2 Å². The summed E-state index contributed by atoms with van der Waals surface area (Å²) in [5, 5.41) is 5.86. The van der Waals surface area contributed by atoms with E-state index in [1.807, 2.05) is 18.2 Å². The monoisotopic (exact) mass is 380 g/mol. The Morgan fingerprint density at radius 1 is 0.963 bits per heavy atom. The molecule has 5 nitrogen and oxygen atoms in total. The minimum atomic E-state index is -0.250. The second kappa shape index (κ2) is 6.20. The number of fused-ring (bicyclic) bond motifs is 1. The molecule has 2 amide bonds. The molecule has 2 heterocycles. The first-order valence-corrected chi connectivity index (χ1v) is 9.45. The van der Waals surface area contributed by atoms with E-state index in [9.17, 15) is 9.59 Å². The van der Waals surface area contributed by atoms with Gasteiger partial charge >= 0.3 is 0 Å². The Morgan fingerprint density at radius 2 is 1.59 bits per heavy atom. The summed E-state index contributed by atoms with van der Waals surface area (Å²) in [4.78, 5) is 25.5. The van der Waals surface area contributed by atoms with Crippen LogP contribution in [0.15, 0.2) is 58.1 Å². The summed E-state index contributed by atoms with van der Waals surface area (Å²) in [6.45, 7) is 0. The topological polar surface area (TPSA) is 62.9 Å². The Labute approximate surface area is 161 Å². The molecule has 1 saturated carbocycles. The first-order chi connectivity index (χ1) is 13.1. The number of hydrogen-bond donors (Lipinski definition) is 0. The number of furan rings is 1. The molecule has 2 fully saturated rings. The van der Waals surface area contributed by atoms with Crippen molar-refractivity contribution in [3.63, 3.8) is 0 Å². The zero-order valence-corrected chi connectivity index (χ0v) is 15.2. The van der Waals surface area contributed by atoms with Gasteiger partial charge in [0, 0.05) is 10.6 Å². The maximum atomic E-state index is 12.7. The number of halogens is 1. The van der Waals surface area contributed by atoms with Crippen molar-refractivity contribution in [1.82, 2.24) is 5.01 Å². The molecule has 136 valence electrons. The molecule has 0 radical (unpaired) electrons. The van der Waals surface area contributed by atoms with E-state index in [4.69, 9.17) is 16.0 Å². The van der Waals surface area contributed by atoms with Crippen LogP contribution in [0.1, 0.15) is 18.6 Å². The van der Waals surface area contributed by atoms with Crippen LogP contribution in [0.5, 0.6) is 0 Å². The predicted octanol–water partition coefficient (Wildman–Crippen LogP) is 4.13. The zero-order chi connectivity index (χ0) is 18.5. The van der Waals surface area contributed by atoms with Gasteiger partial charge in [0.15, 0.2) is 0 Å². The van der Waals surface area contributed by atoms with Gasteiger partial charge in [-0.25, -0.2) is 0 Å². The molecule has 2 bridgehead atoms. The summed E-state index contributed by atoms with van der Waals surface area (Å²) in [6, 6.07) is 10.9. The fourth-order valence-electron chi connectivity index (χ4n) is 4.48. The first-order valence-electron chi connectivity index (χ1n) is 9.08. The molecule has 2 aromatic rings. The maximum Gasteiger partial charge on any atom is 0.254 e. The quantitative estimate of drug-likeness (QED) is 0.457. The van der Waals surface area contributed by atoms with Gasteiger partial charge in [-0.3, -0.25) is 9.59 Å². The maximum absolute atomic E-state index is 12.7. The van der Waals surface area contributed by atoms with Crippen molar-refractivity contribution in [2.24, 2.45) is 28.8 Å². The summed E-state index contributed by atoms with van der Waals surface area (Å²) in [6.07, 6.45) is 7.57. The minimum Gasteiger partial charge on any atom is -0.455 e. The molecule has 6 heteroatoms. The lowest BCUT2D eigenvalue weighted by Gasteiger charge is -2.37. The van der Waals surface area contributed by atoms with Crippen LogP contribution in [0.4, 0.5) is 0 Å². The zero-order valence-electron chi connectivity index (χ0n) is 14.4. The fourth-order valence-corrected chi connectivity index (χ4v) is 4.60. The number of hydrazone groups is 1. The van der Waals surface area contributed by atoms with Crippen LogP contribution in [0.25, 0.3) is 11.3 Å². The van der Waals surface area contributed by atoms with E-state index in [2.05, 4.69) is 17.3 Å². The van der Waals surface area contributed by atoms with Crippen LogP contribution in [0.2, 0.25) is 5.02 Å². The number of carbonyl (C=O) groups is 2. The second-order valence-electron chi connectivity index (χ2n) is 7.28. The summed E-state index contributed by atoms with van der Waals surface area (Å²) in [5.74, 6) is 0.599. The van der Waals surface area contributed by atoms with E-state index < -0.39 is 0 Å². The van der Waals surface area contributed by atoms with E-state index in [1.165, 1.54) is 6.21 Å². The lowest BCUT2D eigenvalue weighted by molar-refractivity contribution is -0.140. The van der Waals surface area contributed by atoms with Gasteiger partial charge in [-0.1, -0.05) is 23.8 Å². The van der Waals surface area contributed by atoms with Crippen LogP contribution in [0, 0.1) is 23.7 Å². The Bertz CT molecular complexity index is 944. The average molecular weight is 381 g/mol. The van der Waals surface area contributed by atoms with Gasteiger partial charge in [-0.2, -0.15) is 10.1 Å². The highest BCUT2D eigenvalue weighted by Gasteiger charge is 2.56. The molecule has 4 aliphatic rings. The molecule has 1 saturated heterocycles. The summed E-state index contributed by atoms with van der Waals surface area (Å²) in [5.41, 5.74) is 0.890. The van der Waals surface area contributed by atoms with Crippen molar-refractivity contribution in [2.75, 3.05) is 0 Å². The second-order valence-corrected chi connectivity index (χ2v) is 7.72. The van der Waals surface area contributed by atoms with Crippen LogP contribution in [-0.2, 0) is 9.59 Å². The predicted molar refractivity (Wildman–Crippen MR) is 101 cm³/mol. The van der Waals surface area contributed by atoms with Crippen molar-refractivity contribution in [2.45, 2.75) is 12.8 Å². The third kappa shape index (κ3) is 2.65. The molecular formula is C21H17ClN2O3. The Hall–Kier alpha value is -2.66. The molecule has 1 aromatic heterocycles. The summed E-state index contributed by atoms with van der Waals surface area (Å²) in [7, 11) is 0. The fraction of sp³-hybridized carbons (Fsp3) is 0.286. The van der Waals surface area contributed by atoms with Gasteiger partial charge in [0.2, 0.25) is 0 Å². The van der Waals surface area contributed by atoms with Crippen molar-refractivity contribution < 1.29 is 14.0 Å². The number of imide groups is 1. The number of allylic oxidation sites excluding steroid dienone is 2. The minimum absolute atomic E-state index is 0.164. The van der Waals surface area contributed by atoms with Crippen LogP contribution in [-0.4, -0.2) is 23.0 Å². The normalized spacial score (nSPS) is 29.1. The van der Waals surface area contributed by atoms with Gasteiger partial charge in [0.25, 0.3) is 11.8 Å². The van der Waals surface area contributed by atoms with E-state index in [-0.39, 0.29) is 35.5 Å². The Morgan fingerprint density at radius 3 is 2.19 bits per heavy atom. The van der Waals surface area contributed by atoms with Crippen LogP contribution >= 0.6 is 11.6 Å². The van der Waals surface area contributed by atoms with E-state index in [0.29, 0.717) is 16.5 Å². The lowest BCUT2D eigenvalue weighted by atomic mass is 9.63. The third-order valence-electron chi connectivity index (χ3n) is 5.79. The molecule has 3 aliphatic carbocycles. The Kier molecular flexibility index (Phi) is 3.79. The SMILES string of the molecule is O=C1[C@@H]2[C@H](C(=O)N1/N=C\c1ccc(-c3ccc(Cl)cc3)o1)[C@H]1C=C[C@H]2CC1. The Balaban J connectivity index is 1.37. The van der Waals surface area contributed by atoms with Crippen molar-refractivity contribution in [3.8, 4) is 11.3 Å². The molecule has 0 N–H and O–H groups in total. The van der Waals surface area contributed by atoms with Gasteiger partial charge in [-0.15, -0.1) is 0 Å². The highest BCUT2D eigenvalue weighted by Crippen LogP contribution is 2.49. The number of amides is 2. The van der Waals surface area contributed by atoms with Crippen molar-refractivity contribution >= 4 is 29.6 Å². The molecule has 0 spiro atoms. The standard InChI is InChI=1S/C21H17ClN2O3/c22-15-7-5-12(6-8-15)17-10-9-16(27-17)11-23-24-20(25)18-13-1-2-14(4-3-13)19(18)21(24)26/h1-2,5-11,13-14,18-19H,3-4H2/b23-11-/t13-,14-,18-,19+/m0/s1. The average Bonchev–Trinajstić information content (AvgIpc) is 3.26. The molecule has 1 aromatic carbocycles. The van der Waals surface area contributed by atoms with Gasteiger partial charge < -0.3 is 4.42 Å². The smallest absolute Gasteiger partial charge is 0.254 e. The summed E-state index contributed by atoms with van der Waals surface area (Å²) < 4.78 is 5.76. The molecule has 1 aliphatic heterocycles. The number of hydrogen-bond acceptors (Lipinski definition) is 4. The first kappa shape index (κ1) is 16.5. The number of benzene rings is 1. The third-order valence-corrected chi connectivity index (χ3v) is 6.04. The van der Waals surface area contributed by atoms with E-state index >= 15 is 0 Å².